The Morgan fingerprint density at radius 2 is 1.85 bits per heavy atom. The molecular weight excluding hydrogens is 286 g/mol. The summed E-state index contributed by atoms with van der Waals surface area (Å²) < 4.78 is 9.03. The van der Waals surface area contributed by atoms with Gasteiger partial charge in [-0.2, -0.15) is 0 Å². The topological polar surface area (TPSA) is 99.1 Å². The largest absolute Gasteiger partial charge is 0.466 e. The third-order valence-corrected chi connectivity index (χ3v) is 2.56. The lowest BCUT2D eigenvalue weighted by molar-refractivity contribution is -0.135. The van der Waals surface area contributed by atoms with Gasteiger partial charge in [0.2, 0.25) is 0 Å². The minimum Gasteiger partial charge on any atom is -0.466 e. The minimum absolute atomic E-state index is 0.0774. The number of thioether (sulfide) groups is 1. The van der Waals surface area contributed by atoms with Crippen LogP contribution in [0.15, 0.2) is 17.1 Å². The molecule has 0 aromatic heterocycles. The fourth-order valence-electron chi connectivity index (χ4n) is 0.899. The van der Waals surface area contributed by atoms with Crippen molar-refractivity contribution in [2.45, 2.75) is 13.8 Å². The van der Waals surface area contributed by atoms with Crippen LogP contribution in [-0.2, 0) is 28.7 Å². The number of carbonyl (C=O) groups excluding carboxylic acids is 4. The first-order chi connectivity index (χ1) is 9.40. The number of ether oxygens (including phenoxy) is 2. The van der Waals surface area contributed by atoms with Gasteiger partial charge >= 0.3 is 11.9 Å². The highest BCUT2D eigenvalue weighted by Crippen LogP contribution is 2.04. The highest BCUT2D eigenvalue weighted by atomic mass is 32.2. The highest BCUT2D eigenvalue weighted by Gasteiger charge is 2.15. The van der Waals surface area contributed by atoms with Crippen molar-refractivity contribution in [3.8, 4) is 0 Å². The second kappa shape index (κ2) is 9.90. The van der Waals surface area contributed by atoms with Crippen molar-refractivity contribution in [2.75, 3.05) is 19.5 Å². The third-order valence-electron chi connectivity index (χ3n) is 1.73. The van der Waals surface area contributed by atoms with Gasteiger partial charge < -0.3 is 9.47 Å². The van der Waals surface area contributed by atoms with Crippen molar-refractivity contribution in [2.24, 2.45) is 4.99 Å². The number of esters is 2. The van der Waals surface area contributed by atoms with Gasteiger partial charge in [0.25, 0.3) is 5.91 Å². The van der Waals surface area contributed by atoms with E-state index in [1.807, 2.05) is 0 Å². The summed E-state index contributed by atoms with van der Waals surface area (Å²) in [6.45, 7) is 3.05. The Balaban J connectivity index is 4.90. The van der Waals surface area contributed by atoms with Crippen molar-refractivity contribution in [1.29, 1.82) is 0 Å². The van der Waals surface area contributed by atoms with Crippen molar-refractivity contribution in [1.82, 2.24) is 0 Å². The van der Waals surface area contributed by atoms with E-state index in [2.05, 4.69) is 9.73 Å². The maximum Gasteiger partial charge on any atom is 0.353 e. The Morgan fingerprint density at radius 1 is 1.20 bits per heavy atom. The van der Waals surface area contributed by atoms with Crippen LogP contribution in [0.1, 0.15) is 13.8 Å². The van der Waals surface area contributed by atoms with Crippen LogP contribution in [0.25, 0.3) is 0 Å². The lowest BCUT2D eigenvalue weighted by atomic mass is 10.4. The number of methoxy groups -OCH3 is 1. The van der Waals surface area contributed by atoms with Crippen molar-refractivity contribution >= 4 is 40.4 Å². The molecular formula is C12H15NO6S. The molecule has 1 amide bonds. The number of amides is 1. The second-order valence-corrected chi connectivity index (χ2v) is 4.41. The summed E-state index contributed by atoms with van der Waals surface area (Å²) in [5, 5.41) is -0.223. The molecule has 0 aliphatic heterocycles. The maximum atomic E-state index is 11.5. The van der Waals surface area contributed by atoms with E-state index in [4.69, 9.17) is 4.74 Å². The van der Waals surface area contributed by atoms with Gasteiger partial charge in [-0.05, 0) is 6.92 Å². The second-order valence-electron chi connectivity index (χ2n) is 3.25. The van der Waals surface area contributed by atoms with E-state index < -0.39 is 17.8 Å². The van der Waals surface area contributed by atoms with Gasteiger partial charge in [0, 0.05) is 19.1 Å². The SMILES string of the molecule is CCOC(=O)C(CSC(C)=O)=NC(=O)/C=C/C(=O)OC. The fraction of sp³-hybridized carbons (Fsp3) is 0.417. The van der Waals surface area contributed by atoms with Crippen LogP contribution in [0.5, 0.6) is 0 Å². The predicted molar refractivity (Wildman–Crippen MR) is 73.4 cm³/mol. The van der Waals surface area contributed by atoms with Crippen LogP contribution in [0, 0.1) is 0 Å². The molecule has 0 aromatic carbocycles. The first kappa shape index (κ1) is 18.0. The van der Waals surface area contributed by atoms with Crippen molar-refractivity contribution in [3.05, 3.63) is 12.2 Å². The van der Waals surface area contributed by atoms with Crippen molar-refractivity contribution < 1.29 is 28.7 Å². The molecule has 0 radical (unpaired) electrons. The Kier molecular flexibility index (Phi) is 8.93. The highest BCUT2D eigenvalue weighted by molar-refractivity contribution is 8.14. The molecule has 0 saturated carbocycles. The summed E-state index contributed by atoms with van der Waals surface area (Å²) in [7, 11) is 1.16. The molecule has 0 spiro atoms. The molecule has 0 N–H and O–H groups in total. The fourth-order valence-corrected chi connectivity index (χ4v) is 1.42. The first-order valence-electron chi connectivity index (χ1n) is 5.58. The smallest absolute Gasteiger partial charge is 0.353 e. The Morgan fingerprint density at radius 3 is 2.35 bits per heavy atom. The monoisotopic (exact) mass is 301 g/mol. The van der Waals surface area contributed by atoms with E-state index in [1.54, 1.807) is 6.92 Å². The summed E-state index contributed by atoms with van der Waals surface area (Å²) in [6.07, 6.45) is 1.75. The van der Waals surface area contributed by atoms with Gasteiger partial charge in [0.1, 0.15) is 5.71 Å². The van der Waals surface area contributed by atoms with E-state index in [9.17, 15) is 19.2 Å². The quantitative estimate of drug-likeness (QED) is 0.401. The van der Waals surface area contributed by atoms with Crippen molar-refractivity contribution in [3.63, 3.8) is 0 Å². The summed E-state index contributed by atoms with van der Waals surface area (Å²) in [5.74, 6) is -2.39. The average molecular weight is 301 g/mol. The molecule has 0 saturated heterocycles. The minimum atomic E-state index is -0.817. The van der Waals surface area contributed by atoms with Gasteiger partial charge in [0.05, 0.1) is 19.5 Å². The van der Waals surface area contributed by atoms with Gasteiger partial charge in [-0.15, -0.1) is 0 Å². The molecule has 0 fully saturated rings. The predicted octanol–water partition coefficient (Wildman–Crippen LogP) is 0.526. The zero-order valence-corrected chi connectivity index (χ0v) is 12.2. The maximum absolute atomic E-state index is 11.5. The molecule has 0 rings (SSSR count). The Bertz CT molecular complexity index is 455. The summed E-state index contributed by atoms with van der Waals surface area (Å²) in [6, 6.07) is 0. The van der Waals surface area contributed by atoms with Crippen LogP contribution < -0.4 is 0 Å². The number of carbonyl (C=O) groups is 4. The molecule has 8 heteroatoms. The van der Waals surface area contributed by atoms with Crippen LogP contribution >= 0.6 is 11.8 Å². The normalized spacial score (nSPS) is 11.2. The van der Waals surface area contributed by atoms with E-state index in [0.717, 1.165) is 31.0 Å². The molecule has 110 valence electrons. The zero-order valence-electron chi connectivity index (χ0n) is 11.4. The first-order valence-corrected chi connectivity index (χ1v) is 6.57. The molecule has 20 heavy (non-hydrogen) atoms. The van der Waals surface area contributed by atoms with Gasteiger partial charge in [-0.1, -0.05) is 11.8 Å². The van der Waals surface area contributed by atoms with E-state index >= 15 is 0 Å². The van der Waals surface area contributed by atoms with Gasteiger partial charge in [-0.3, -0.25) is 9.59 Å². The zero-order chi connectivity index (χ0) is 15.5. The van der Waals surface area contributed by atoms with E-state index in [0.29, 0.717) is 0 Å². The molecule has 0 aromatic rings. The van der Waals surface area contributed by atoms with Crippen LogP contribution in [0.2, 0.25) is 0 Å². The van der Waals surface area contributed by atoms with E-state index in [-0.39, 0.29) is 23.2 Å². The standard InChI is InChI=1S/C12H15NO6S/c1-4-19-12(17)9(7-20-8(2)14)13-10(15)5-6-11(16)18-3/h5-6H,4,7H2,1-3H3/b6-5+,13-9?. The van der Waals surface area contributed by atoms with Crippen LogP contribution in [-0.4, -0.2) is 48.1 Å². The molecule has 0 atom stereocenters. The molecule has 0 aliphatic carbocycles. The molecule has 0 aliphatic rings. The lowest BCUT2D eigenvalue weighted by Crippen LogP contribution is -2.21. The molecule has 0 unspecified atom stereocenters. The van der Waals surface area contributed by atoms with Crippen LogP contribution in [0.3, 0.4) is 0 Å². The van der Waals surface area contributed by atoms with E-state index in [1.165, 1.54) is 6.92 Å². The Hall–Kier alpha value is -1.96. The Labute approximate surface area is 120 Å². The number of rotatable bonds is 6. The molecule has 0 heterocycles. The third kappa shape index (κ3) is 8.20. The van der Waals surface area contributed by atoms with Crippen LogP contribution in [0.4, 0.5) is 0 Å². The van der Waals surface area contributed by atoms with Gasteiger partial charge in [0.15, 0.2) is 5.12 Å². The molecule has 7 nitrogen and oxygen atoms in total. The van der Waals surface area contributed by atoms with Gasteiger partial charge in [-0.25, -0.2) is 14.6 Å². The number of hydrogen-bond acceptors (Lipinski definition) is 7. The summed E-state index contributed by atoms with van der Waals surface area (Å²) in [5.41, 5.74) is -0.188. The number of hydrogen-bond donors (Lipinski definition) is 0. The average Bonchev–Trinajstić information content (AvgIpc) is 2.40. The number of aliphatic imine (C=N–C) groups is 1. The molecule has 0 bridgehead atoms. The summed E-state index contributed by atoms with van der Waals surface area (Å²) in [4.78, 5) is 48.2. The summed E-state index contributed by atoms with van der Waals surface area (Å²) >= 11 is 0.826. The number of nitrogens with zero attached hydrogens (tertiary/aromatic N) is 1. The lowest BCUT2D eigenvalue weighted by Gasteiger charge is -2.03.